The number of hydrogen-bond donors (Lipinski definition) is 4. The number of thioether (sulfide) groups is 1. The number of hydrogen-bond acceptors (Lipinski definition) is 8. The van der Waals surface area contributed by atoms with E-state index in [1.807, 2.05) is 13.8 Å². The summed E-state index contributed by atoms with van der Waals surface area (Å²) in [4.78, 5) is 70.2. The van der Waals surface area contributed by atoms with E-state index in [0.717, 1.165) is 11.8 Å². The Labute approximate surface area is 201 Å². The highest BCUT2D eigenvalue weighted by Crippen LogP contribution is 2.21. The van der Waals surface area contributed by atoms with Gasteiger partial charge in [-0.15, -0.1) is 11.8 Å². The fourth-order valence-electron chi connectivity index (χ4n) is 3.61. The Morgan fingerprint density at radius 3 is 2.56 bits per heavy atom. The maximum Gasteiger partial charge on any atom is 0.313 e. The number of nitrogens with two attached hydrogens (primary N) is 1. The van der Waals surface area contributed by atoms with Gasteiger partial charge in [0.2, 0.25) is 17.7 Å². The number of carbonyl (C=O) groups is 5. The van der Waals surface area contributed by atoms with Crippen molar-refractivity contribution in [2.45, 2.75) is 51.2 Å². The zero-order chi connectivity index (χ0) is 25.3. The quantitative estimate of drug-likeness (QED) is 0.312. The number of likely N-dealkylation sites (tertiary alicyclic amines) is 1. The average Bonchev–Trinajstić information content (AvgIpc) is 2.78. The number of primary amides is 1. The van der Waals surface area contributed by atoms with Crippen molar-refractivity contribution in [3.8, 4) is 0 Å². The number of carbonyl (C=O) groups excluding carboxylic acids is 4. The predicted molar refractivity (Wildman–Crippen MR) is 124 cm³/mol. The van der Waals surface area contributed by atoms with Crippen molar-refractivity contribution in [1.29, 1.82) is 0 Å². The first-order chi connectivity index (χ1) is 16.1. The van der Waals surface area contributed by atoms with Crippen molar-refractivity contribution in [3.63, 3.8) is 0 Å². The first kappa shape index (κ1) is 27.0. The molecule has 0 spiro atoms. The lowest BCUT2D eigenvalue weighted by Gasteiger charge is -2.39. The number of carboxylic acids is 1. The van der Waals surface area contributed by atoms with Crippen LogP contribution in [0.3, 0.4) is 0 Å². The monoisotopic (exact) mass is 494 g/mol. The third-order valence-corrected chi connectivity index (χ3v) is 6.08. The second kappa shape index (κ2) is 12.9. The van der Waals surface area contributed by atoms with Crippen molar-refractivity contribution in [2.24, 2.45) is 11.7 Å². The van der Waals surface area contributed by atoms with Crippen LogP contribution in [-0.2, 0) is 19.2 Å². The van der Waals surface area contributed by atoms with Crippen molar-refractivity contribution in [3.05, 3.63) is 24.3 Å². The van der Waals surface area contributed by atoms with E-state index in [1.54, 1.807) is 0 Å². The molecule has 4 amide bonds. The first-order valence-corrected chi connectivity index (χ1v) is 12.0. The standard InChI is InChI=1S/C21H30N6O6S/c1-12(2)7-14(19(22)31)26-21(33)16-8-13(25-20(32)15-9-23-4-5-24-15)3-6-27(16)17(28)10-34-11-18(29)30/h4-5,9,12-14,16H,3,6-8,10-11H2,1-2H3,(H2,22,31)(H,25,32)(H,26,33)(H,29,30). The second-order valence-corrected chi connectivity index (χ2v) is 9.35. The van der Waals surface area contributed by atoms with Gasteiger partial charge < -0.3 is 26.4 Å². The molecule has 1 aliphatic rings. The third kappa shape index (κ3) is 8.28. The summed E-state index contributed by atoms with van der Waals surface area (Å²) in [6, 6.07) is -2.30. The van der Waals surface area contributed by atoms with Crippen LogP contribution in [0.1, 0.15) is 43.6 Å². The molecule has 0 bridgehead atoms. The third-order valence-electron chi connectivity index (χ3n) is 5.17. The first-order valence-electron chi connectivity index (χ1n) is 10.8. The molecule has 1 saturated heterocycles. The molecule has 5 N–H and O–H groups in total. The Morgan fingerprint density at radius 1 is 1.24 bits per heavy atom. The molecule has 0 aromatic carbocycles. The highest BCUT2D eigenvalue weighted by atomic mass is 32.2. The van der Waals surface area contributed by atoms with Crippen LogP contribution in [0.2, 0.25) is 0 Å². The Hall–Kier alpha value is -3.22. The van der Waals surface area contributed by atoms with Crippen molar-refractivity contribution < 1.29 is 29.1 Å². The molecule has 1 aromatic heterocycles. The number of aromatic nitrogens is 2. The zero-order valence-electron chi connectivity index (χ0n) is 19.1. The van der Waals surface area contributed by atoms with Crippen LogP contribution in [0.25, 0.3) is 0 Å². The Morgan fingerprint density at radius 2 is 1.97 bits per heavy atom. The predicted octanol–water partition coefficient (Wildman–Crippen LogP) is -0.600. The zero-order valence-corrected chi connectivity index (χ0v) is 19.9. The van der Waals surface area contributed by atoms with Crippen LogP contribution >= 0.6 is 11.8 Å². The van der Waals surface area contributed by atoms with Crippen molar-refractivity contribution in [1.82, 2.24) is 25.5 Å². The number of aliphatic carboxylic acids is 1. The molecule has 12 nitrogen and oxygen atoms in total. The maximum absolute atomic E-state index is 13.1. The number of nitrogens with zero attached hydrogens (tertiary/aromatic N) is 3. The normalized spacial score (nSPS) is 18.7. The molecule has 2 rings (SSSR count). The number of piperidine rings is 1. The maximum atomic E-state index is 13.1. The van der Waals surface area contributed by atoms with Gasteiger partial charge in [0, 0.05) is 25.0 Å². The summed E-state index contributed by atoms with van der Waals surface area (Å²) < 4.78 is 0. The number of carboxylic acid groups (broad SMARTS) is 1. The molecule has 3 unspecified atom stereocenters. The molecular formula is C21H30N6O6S. The lowest BCUT2D eigenvalue weighted by atomic mass is 9.95. The lowest BCUT2D eigenvalue weighted by Crippen LogP contribution is -2.60. The molecule has 13 heteroatoms. The largest absolute Gasteiger partial charge is 0.481 e. The number of nitrogens with one attached hydrogen (secondary N) is 2. The molecule has 1 aromatic rings. The Bertz CT molecular complexity index is 899. The highest BCUT2D eigenvalue weighted by Gasteiger charge is 2.38. The molecule has 0 aliphatic carbocycles. The van der Waals surface area contributed by atoms with Crippen LogP contribution in [0.4, 0.5) is 0 Å². The van der Waals surface area contributed by atoms with Crippen LogP contribution in [-0.4, -0.2) is 85.7 Å². The van der Waals surface area contributed by atoms with E-state index in [4.69, 9.17) is 10.8 Å². The van der Waals surface area contributed by atoms with E-state index in [0.29, 0.717) is 12.8 Å². The SMILES string of the molecule is CC(C)CC(NC(=O)C1CC(NC(=O)c2cnccn2)CCN1C(=O)CSCC(=O)O)C(N)=O. The van der Waals surface area contributed by atoms with Gasteiger partial charge in [-0.25, -0.2) is 4.98 Å². The Balaban J connectivity index is 2.14. The number of amides is 4. The van der Waals surface area contributed by atoms with E-state index in [9.17, 15) is 24.0 Å². The minimum absolute atomic E-state index is 0.0910. The topological polar surface area (TPSA) is 185 Å². The molecule has 2 heterocycles. The molecule has 3 atom stereocenters. The summed E-state index contributed by atoms with van der Waals surface area (Å²) in [5.41, 5.74) is 5.57. The highest BCUT2D eigenvalue weighted by molar-refractivity contribution is 8.00. The number of rotatable bonds is 11. The molecule has 0 radical (unpaired) electrons. The second-order valence-electron chi connectivity index (χ2n) is 8.37. The van der Waals surface area contributed by atoms with Crippen LogP contribution in [0.15, 0.2) is 18.6 Å². The summed E-state index contributed by atoms with van der Waals surface area (Å²) in [6.07, 6.45) is 4.98. The van der Waals surface area contributed by atoms with Gasteiger partial charge in [0.15, 0.2) is 0 Å². The van der Waals surface area contributed by atoms with Crippen molar-refractivity contribution in [2.75, 3.05) is 18.1 Å². The van der Waals surface area contributed by atoms with Crippen LogP contribution in [0, 0.1) is 5.92 Å². The van der Waals surface area contributed by atoms with Gasteiger partial charge in [-0.2, -0.15) is 0 Å². The van der Waals surface area contributed by atoms with E-state index < -0.39 is 47.7 Å². The lowest BCUT2D eigenvalue weighted by molar-refractivity contribution is -0.141. The molecule has 1 aliphatic heterocycles. The van der Waals surface area contributed by atoms with Gasteiger partial charge in [0.05, 0.1) is 17.7 Å². The van der Waals surface area contributed by atoms with E-state index in [1.165, 1.54) is 23.5 Å². The summed E-state index contributed by atoms with van der Waals surface area (Å²) in [6.45, 7) is 3.94. The van der Waals surface area contributed by atoms with Gasteiger partial charge in [-0.3, -0.25) is 29.0 Å². The van der Waals surface area contributed by atoms with Gasteiger partial charge in [-0.1, -0.05) is 13.8 Å². The summed E-state index contributed by atoms with van der Waals surface area (Å²) in [7, 11) is 0. The fraction of sp³-hybridized carbons (Fsp3) is 0.571. The summed E-state index contributed by atoms with van der Waals surface area (Å²) >= 11 is 0.931. The smallest absolute Gasteiger partial charge is 0.313 e. The molecule has 1 fully saturated rings. The molecule has 34 heavy (non-hydrogen) atoms. The van der Waals surface area contributed by atoms with Gasteiger partial charge in [0.25, 0.3) is 5.91 Å². The van der Waals surface area contributed by atoms with Crippen LogP contribution in [0.5, 0.6) is 0 Å². The molecule has 186 valence electrons. The van der Waals surface area contributed by atoms with Gasteiger partial charge >= 0.3 is 5.97 Å². The summed E-state index contributed by atoms with van der Waals surface area (Å²) in [5.74, 6) is -3.40. The average molecular weight is 495 g/mol. The molecule has 0 saturated carbocycles. The van der Waals surface area contributed by atoms with Gasteiger partial charge in [-0.05, 0) is 25.2 Å². The minimum atomic E-state index is -1.05. The van der Waals surface area contributed by atoms with E-state index in [2.05, 4.69) is 20.6 Å². The minimum Gasteiger partial charge on any atom is -0.481 e. The summed E-state index contributed by atoms with van der Waals surface area (Å²) in [5, 5.41) is 14.3. The van der Waals surface area contributed by atoms with Crippen LogP contribution < -0.4 is 16.4 Å². The Kier molecular flexibility index (Phi) is 10.2. The van der Waals surface area contributed by atoms with Crippen molar-refractivity contribution >= 4 is 41.4 Å². The van der Waals surface area contributed by atoms with E-state index >= 15 is 0 Å². The molecular weight excluding hydrogens is 464 g/mol. The van der Waals surface area contributed by atoms with E-state index in [-0.39, 0.29) is 36.1 Å². The fourth-order valence-corrected chi connectivity index (χ4v) is 4.23. The van der Waals surface area contributed by atoms with Gasteiger partial charge in [0.1, 0.15) is 17.8 Å².